The van der Waals surface area contributed by atoms with E-state index in [1.165, 1.54) is 0 Å². The molecule has 0 heterocycles. The number of Topliss-reactive ketones (excluding diaryl/α,β-unsaturated/α-hetero) is 1. The quantitative estimate of drug-likeness (QED) is 0.903. The van der Waals surface area contributed by atoms with Crippen LogP contribution in [0.15, 0.2) is 24.3 Å². The fourth-order valence-corrected chi connectivity index (χ4v) is 3.09. The number of hydrogen-bond donors (Lipinski definition) is 1. The SMILES string of the molecule is COc1ccc([C@H](NC(=O)OC(C)(C)C)[C@@]2(C#N)CCCC2=O)cc1. The first-order valence-corrected chi connectivity index (χ1v) is 8.30. The van der Waals surface area contributed by atoms with Crippen molar-refractivity contribution >= 4 is 11.9 Å². The number of amides is 1. The van der Waals surface area contributed by atoms with E-state index in [4.69, 9.17) is 9.47 Å². The van der Waals surface area contributed by atoms with Crippen molar-refractivity contribution in [2.45, 2.75) is 51.7 Å². The van der Waals surface area contributed by atoms with Crippen LogP contribution in [0.5, 0.6) is 5.75 Å². The molecule has 134 valence electrons. The predicted molar refractivity (Wildman–Crippen MR) is 92.0 cm³/mol. The van der Waals surface area contributed by atoms with Crippen molar-refractivity contribution < 1.29 is 19.1 Å². The molecule has 2 atom stereocenters. The van der Waals surface area contributed by atoms with Gasteiger partial charge >= 0.3 is 6.09 Å². The molecule has 1 aromatic carbocycles. The zero-order chi connectivity index (χ0) is 18.7. The Kier molecular flexibility index (Phi) is 5.36. The average Bonchev–Trinajstić information content (AvgIpc) is 2.93. The maximum atomic E-state index is 12.5. The summed E-state index contributed by atoms with van der Waals surface area (Å²) in [5.41, 5.74) is -1.28. The fraction of sp³-hybridized carbons (Fsp3) is 0.526. The van der Waals surface area contributed by atoms with Crippen molar-refractivity contribution in [2.75, 3.05) is 7.11 Å². The molecule has 6 nitrogen and oxygen atoms in total. The van der Waals surface area contributed by atoms with Crippen molar-refractivity contribution in [2.24, 2.45) is 5.41 Å². The lowest BCUT2D eigenvalue weighted by atomic mass is 9.76. The van der Waals surface area contributed by atoms with Gasteiger partial charge in [0.2, 0.25) is 0 Å². The summed E-state index contributed by atoms with van der Waals surface area (Å²) in [6.07, 6.45) is 0.739. The highest BCUT2D eigenvalue weighted by Gasteiger charge is 2.50. The third-order valence-electron chi connectivity index (χ3n) is 4.28. The summed E-state index contributed by atoms with van der Waals surface area (Å²) >= 11 is 0. The topological polar surface area (TPSA) is 88.4 Å². The molecule has 2 rings (SSSR count). The van der Waals surface area contributed by atoms with E-state index >= 15 is 0 Å². The summed E-state index contributed by atoms with van der Waals surface area (Å²) in [4.78, 5) is 24.8. The third kappa shape index (κ3) is 4.11. The van der Waals surface area contributed by atoms with E-state index in [1.54, 1.807) is 52.1 Å². The van der Waals surface area contributed by atoms with Crippen LogP contribution in [-0.4, -0.2) is 24.6 Å². The van der Waals surface area contributed by atoms with Crippen molar-refractivity contribution in [1.82, 2.24) is 5.32 Å². The van der Waals surface area contributed by atoms with Gasteiger partial charge in [0.05, 0.1) is 19.2 Å². The summed E-state index contributed by atoms with van der Waals surface area (Å²) in [6.45, 7) is 5.28. The Morgan fingerprint density at radius 2 is 1.96 bits per heavy atom. The van der Waals surface area contributed by atoms with Crippen molar-refractivity contribution in [3.8, 4) is 11.8 Å². The lowest BCUT2D eigenvalue weighted by molar-refractivity contribution is -0.124. The Morgan fingerprint density at radius 3 is 2.40 bits per heavy atom. The Balaban J connectivity index is 2.39. The number of benzene rings is 1. The van der Waals surface area contributed by atoms with Gasteiger partial charge in [-0.05, 0) is 51.3 Å². The van der Waals surface area contributed by atoms with E-state index in [0.29, 0.717) is 30.6 Å². The van der Waals surface area contributed by atoms with Crippen LogP contribution in [0, 0.1) is 16.7 Å². The molecule has 0 spiro atoms. The molecule has 1 aliphatic carbocycles. The molecule has 1 aliphatic rings. The number of nitrogens with zero attached hydrogens (tertiary/aromatic N) is 1. The molecule has 1 saturated carbocycles. The monoisotopic (exact) mass is 344 g/mol. The van der Waals surface area contributed by atoms with E-state index in [-0.39, 0.29) is 5.78 Å². The summed E-state index contributed by atoms with van der Waals surface area (Å²) in [7, 11) is 1.56. The Hall–Kier alpha value is -2.55. The van der Waals surface area contributed by atoms with Crippen LogP contribution in [0.3, 0.4) is 0 Å². The summed E-state index contributed by atoms with van der Waals surface area (Å²) < 4.78 is 10.5. The van der Waals surface area contributed by atoms with Crippen LogP contribution < -0.4 is 10.1 Å². The Morgan fingerprint density at radius 1 is 1.32 bits per heavy atom. The molecule has 1 aromatic rings. The van der Waals surface area contributed by atoms with Gasteiger partial charge in [-0.15, -0.1) is 0 Å². The second-order valence-electron chi connectivity index (χ2n) is 7.21. The molecule has 1 N–H and O–H groups in total. The predicted octanol–water partition coefficient (Wildman–Crippen LogP) is 3.52. The number of carbonyl (C=O) groups excluding carboxylic acids is 2. The maximum absolute atomic E-state index is 12.5. The largest absolute Gasteiger partial charge is 0.497 e. The molecular formula is C19H24N2O4. The third-order valence-corrected chi connectivity index (χ3v) is 4.28. The average molecular weight is 344 g/mol. The fourth-order valence-electron chi connectivity index (χ4n) is 3.09. The van der Waals surface area contributed by atoms with Crippen LogP contribution in [0.2, 0.25) is 0 Å². The number of ether oxygens (including phenoxy) is 2. The van der Waals surface area contributed by atoms with Crippen molar-refractivity contribution in [1.29, 1.82) is 5.26 Å². The number of methoxy groups -OCH3 is 1. The number of ketones is 1. The van der Waals surface area contributed by atoms with Gasteiger partial charge < -0.3 is 14.8 Å². The number of hydrogen-bond acceptors (Lipinski definition) is 5. The van der Waals surface area contributed by atoms with Gasteiger partial charge in [-0.25, -0.2) is 4.79 Å². The number of nitriles is 1. The molecule has 0 radical (unpaired) electrons. The molecule has 0 aromatic heterocycles. The minimum atomic E-state index is -1.27. The van der Waals surface area contributed by atoms with Gasteiger partial charge in [-0.3, -0.25) is 4.79 Å². The highest BCUT2D eigenvalue weighted by molar-refractivity contribution is 5.91. The second-order valence-corrected chi connectivity index (χ2v) is 7.21. The normalized spacial score (nSPS) is 21.3. The molecule has 25 heavy (non-hydrogen) atoms. The van der Waals surface area contributed by atoms with Gasteiger partial charge in [0.1, 0.15) is 16.8 Å². The molecule has 0 bridgehead atoms. The van der Waals surface area contributed by atoms with E-state index in [2.05, 4.69) is 11.4 Å². The summed E-state index contributed by atoms with van der Waals surface area (Å²) in [6, 6.07) is 8.39. The zero-order valence-corrected chi connectivity index (χ0v) is 15.1. The number of carbonyl (C=O) groups is 2. The number of alkyl carbamates (subject to hydrolysis) is 1. The van der Waals surface area contributed by atoms with Crippen LogP contribution >= 0.6 is 0 Å². The molecule has 0 unspecified atom stereocenters. The van der Waals surface area contributed by atoms with Gasteiger partial charge in [-0.2, -0.15) is 5.26 Å². The minimum Gasteiger partial charge on any atom is -0.497 e. The van der Waals surface area contributed by atoms with Crippen LogP contribution in [-0.2, 0) is 9.53 Å². The van der Waals surface area contributed by atoms with Crippen LogP contribution in [0.1, 0.15) is 51.6 Å². The van der Waals surface area contributed by atoms with E-state index in [1.807, 2.05) is 0 Å². The molecule has 0 aliphatic heterocycles. The minimum absolute atomic E-state index is 0.146. The van der Waals surface area contributed by atoms with Gasteiger partial charge in [0, 0.05) is 6.42 Å². The van der Waals surface area contributed by atoms with Crippen LogP contribution in [0.4, 0.5) is 4.79 Å². The first-order valence-electron chi connectivity index (χ1n) is 8.30. The molecule has 1 amide bonds. The van der Waals surface area contributed by atoms with E-state index in [9.17, 15) is 14.9 Å². The molecule has 0 saturated heterocycles. The lowest BCUT2D eigenvalue weighted by Crippen LogP contribution is -2.44. The van der Waals surface area contributed by atoms with Crippen molar-refractivity contribution in [3.63, 3.8) is 0 Å². The van der Waals surface area contributed by atoms with Crippen LogP contribution in [0.25, 0.3) is 0 Å². The first kappa shape index (κ1) is 18.8. The summed E-state index contributed by atoms with van der Waals surface area (Å²) in [5, 5.41) is 12.5. The molecular weight excluding hydrogens is 320 g/mol. The molecule has 6 heteroatoms. The lowest BCUT2D eigenvalue weighted by Gasteiger charge is -2.32. The van der Waals surface area contributed by atoms with E-state index in [0.717, 1.165) is 0 Å². The van der Waals surface area contributed by atoms with E-state index < -0.39 is 23.2 Å². The van der Waals surface area contributed by atoms with Crippen molar-refractivity contribution in [3.05, 3.63) is 29.8 Å². The smallest absolute Gasteiger partial charge is 0.408 e. The first-order chi connectivity index (χ1) is 11.7. The highest BCUT2D eigenvalue weighted by atomic mass is 16.6. The van der Waals surface area contributed by atoms with Gasteiger partial charge in [0.15, 0.2) is 5.78 Å². The Labute approximate surface area is 148 Å². The van der Waals surface area contributed by atoms with Gasteiger partial charge in [0.25, 0.3) is 0 Å². The summed E-state index contributed by atoms with van der Waals surface area (Å²) in [5.74, 6) is 0.510. The number of rotatable bonds is 4. The van der Waals surface area contributed by atoms with Gasteiger partial charge in [-0.1, -0.05) is 12.1 Å². The number of nitrogens with one attached hydrogen (secondary N) is 1. The maximum Gasteiger partial charge on any atom is 0.408 e. The second kappa shape index (κ2) is 7.14. The zero-order valence-electron chi connectivity index (χ0n) is 15.1. The highest BCUT2D eigenvalue weighted by Crippen LogP contribution is 2.45. The Bertz CT molecular complexity index is 685. The molecule has 1 fully saturated rings. The standard InChI is InChI=1S/C19H24N2O4/c1-18(2,3)25-17(23)21-16(13-7-9-14(24-4)10-8-13)19(12-20)11-5-6-15(19)22/h7-10,16H,5-6,11H2,1-4H3,(H,21,23)/t16-,19+/m0/s1.